The first-order chi connectivity index (χ1) is 11.5. The molecule has 7 heteroatoms. The second-order valence-corrected chi connectivity index (χ2v) is 6.28. The van der Waals surface area contributed by atoms with Crippen molar-refractivity contribution in [2.45, 2.75) is 45.8 Å². The van der Waals surface area contributed by atoms with Crippen LogP contribution >= 0.6 is 0 Å². The van der Waals surface area contributed by atoms with Crippen molar-refractivity contribution in [3.8, 4) is 0 Å². The zero-order valence-electron chi connectivity index (χ0n) is 14.3. The summed E-state index contributed by atoms with van der Waals surface area (Å²) in [5.41, 5.74) is 1.20. The lowest BCUT2D eigenvalue weighted by Gasteiger charge is -2.29. The van der Waals surface area contributed by atoms with Crippen LogP contribution in [0.25, 0.3) is 0 Å². The molecule has 1 amide bonds. The normalized spacial score (nSPS) is 19.4. The Morgan fingerprint density at radius 3 is 3.00 bits per heavy atom. The Morgan fingerprint density at radius 2 is 2.38 bits per heavy atom. The molecule has 1 fully saturated rings. The van der Waals surface area contributed by atoms with Gasteiger partial charge in [-0.15, -0.1) is 0 Å². The summed E-state index contributed by atoms with van der Waals surface area (Å²) in [6, 6.07) is 4.50. The number of likely N-dealkylation sites (tertiary alicyclic amines) is 1. The minimum absolute atomic E-state index is 0.0401. The summed E-state index contributed by atoms with van der Waals surface area (Å²) in [5, 5.41) is 3.91. The molecule has 1 saturated heterocycles. The molecule has 0 unspecified atom stereocenters. The number of hydrogen-bond acceptors (Lipinski definition) is 6. The lowest BCUT2D eigenvalue weighted by molar-refractivity contribution is -0.131. The van der Waals surface area contributed by atoms with Crippen molar-refractivity contribution in [3.63, 3.8) is 0 Å². The fraction of sp³-hybridized carbons (Fsp3) is 0.529. The van der Waals surface area contributed by atoms with Gasteiger partial charge in [-0.05, 0) is 25.0 Å². The van der Waals surface area contributed by atoms with Crippen LogP contribution in [0.3, 0.4) is 0 Å². The average Bonchev–Trinajstić information content (AvgIpc) is 3.21. The summed E-state index contributed by atoms with van der Waals surface area (Å²) in [7, 11) is 0. The molecule has 0 aliphatic carbocycles. The average molecular weight is 329 g/mol. The summed E-state index contributed by atoms with van der Waals surface area (Å²) in [6.45, 7) is 7.72. The van der Waals surface area contributed by atoms with Crippen LogP contribution in [0, 0.1) is 6.92 Å². The minimum atomic E-state index is 0.0401. The van der Waals surface area contributed by atoms with Crippen LogP contribution in [0.1, 0.15) is 43.6 Å². The van der Waals surface area contributed by atoms with Crippen LogP contribution in [-0.2, 0) is 11.3 Å². The van der Waals surface area contributed by atoms with E-state index < -0.39 is 0 Å². The first kappa shape index (κ1) is 16.6. The quantitative estimate of drug-likeness (QED) is 0.835. The number of carbonyl (C=O) groups is 1. The number of rotatable bonds is 5. The maximum absolute atomic E-state index is 12.1. The Bertz CT molecular complexity index is 687. The molecule has 1 aliphatic heterocycles. The van der Waals surface area contributed by atoms with E-state index in [9.17, 15) is 4.79 Å². The SMILES string of the molecule is CC(=O)N(Cc1noc(C)n1)[C@@H]1CCN([C@H](C)c2cccnc2)C1. The van der Waals surface area contributed by atoms with Gasteiger partial charge in [0, 0.05) is 51.4 Å². The molecule has 3 rings (SSSR count). The monoisotopic (exact) mass is 329 g/mol. The molecule has 0 aromatic carbocycles. The van der Waals surface area contributed by atoms with Gasteiger partial charge in [0.05, 0.1) is 6.54 Å². The predicted octanol–water partition coefficient (Wildman–Crippen LogP) is 1.96. The molecule has 24 heavy (non-hydrogen) atoms. The molecule has 0 radical (unpaired) electrons. The Hall–Kier alpha value is -2.28. The van der Waals surface area contributed by atoms with Crippen molar-refractivity contribution < 1.29 is 9.32 Å². The van der Waals surface area contributed by atoms with Crippen LogP contribution in [0.15, 0.2) is 29.0 Å². The first-order valence-corrected chi connectivity index (χ1v) is 8.25. The summed E-state index contributed by atoms with van der Waals surface area (Å²) >= 11 is 0. The number of hydrogen-bond donors (Lipinski definition) is 0. The molecule has 0 saturated carbocycles. The lowest BCUT2D eigenvalue weighted by atomic mass is 10.1. The van der Waals surface area contributed by atoms with Gasteiger partial charge in [0.25, 0.3) is 0 Å². The van der Waals surface area contributed by atoms with E-state index in [2.05, 4.69) is 33.0 Å². The molecule has 2 aromatic rings. The largest absolute Gasteiger partial charge is 0.340 e. The summed E-state index contributed by atoms with van der Waals surface area (Å²) < 4.78 is 5.01. The first-order valence-electron chi connectivity index (χ1n) is 8.25. The highest BCUT2D eigenvalue weighted by molar-refractivity contribution is 5.73. The number of amides is 1. The molecule has 0 N–H and O–H groups in total. The minimum Gasteiger partial charge on any atom is -0.340 e. The Labute approximate surface area is 141 Å². The summed E-state index contributed by atoms with van der Waals surface area (Å²) in [6.07, 6.45) is 4.64. The third-order valence-electron chi connectivity index (χ3n) is 4.64. The molecule has 128 valence electrons. The Kier molecular flexibility index (Phi) is 4.89. The van der Waals surface area contributed by atoms with Crippen molar-refractivity contribution in [1.82, 2.24) is 24.9 Å². The van der Waals surface area contributed by atoms with Crippen molar-refractivity contribution in [1.29, 1.82) is 0 Å². The van der Waals surface area contributed by atoms with Crippen LogP contribution in [0.2, 0.25) is 0 Å². The van der Waals surface area contributed by atoms with Crippen LogP contribution in [0.5, 0.6) is 0 Å². The lowest BCUT2D eigenvalue weighted by Crippen LogP contribution is -2.40. The molecule has 1 aliphatic rings. The van der Waals surface area contributed by atoms with Gasteiger partial charge in [0.15, 0.2) is 5.82 Å². The smallest absolute Gasteiger partial charge is 0.223 e. The number of carbonyl (C=O) groups excluding carboxylic acids is 1. The zero-order valence-corrected chi connectivity index (χ0v) is 14.3. The second kappa shape index (κ2) is 7.09. The molecule has 2 aromatic heterocycles. The van der Waals surface area contributed by atoms with E-state index in [4.69, 9.17) is 4.52 Å². The maximum atomic E-state index is 12.1. The van der Waals surface area contributed by atoms with E-state index in [0.717, 1.165) is 19.5 Å². The third-order valence-corrected chi connectivity index (χ3v) is 4.64. The van der Waals surface area contributed by atoms with Gasteiger partial charge in [0.2, 0.25) is 11.8 Å². The standard InChI is InChI=1S/C17H23N5O2/c1-12(15-5-4-7-18-9-15)21-8-6-16(10-21)22(14(3)23)11-17-19-13(2)24-20-17/h4-5,7,9,12,16H,6,8,10-11H2,1-3H3/t12-,16-/m1/s1. The number of aromatic nitrogens is 3. The molecule has 0 spiro atoms. The van der Waals surface area contributed by atoms with E-state index in [1.54, 1.807) is 20.0 Å². The highest BCUT2D eigenvalue weighted by Crippen LogP contribution is 2.26. The van der Waals surface area contributed by atoms with Crippen molar-refractivity contribution >= 4 is 5.91 Å². The van der Waals surface area contributed by atoms with Gasteiger partial charge in [-0.25, -0.2) is 0 Å². The molecule has 7 nitrogen and oxygen atoms in total. The highest BCUT2D eigenvalue weighted by atomic mass is 16.5. The molecular formula is C17H23N5O2. The van der Waals surface area contributed by atoms with Gasteiger partial charge in [-0.2, -0.15) is 4.98 Å². The van der Waals surface area contributed by atoms with Gasteiger partial charge < -0.3 is 9.42 Å². The van der Waals surface area contributed by atoms with E-state index in [1.165, 1.54) is 5.56 Å². The highest BCUT2D eigenvalue weighted by Gasteiger charge is 2.32. The zero-order chi connectivity index (χ0) is 17.1. The van der Waals surface area contributed by atoms with Gasteiger partial charge in [-0.1, -0.05) is 11.2 Å². The van der Waals surface area contributed by atoms with Gasteiger partial charge in [-0.3, -0.25) is 14.7 Å². The van der Waals surface area contributed by atoms with Gasteiger partial charge in [0.1, 0.15) is 0 Å². The van der Waals surface area contributed by atoms with Crippen LogP contribution < -0.4 is 0 Å². The molecular weight excluding hydrogens is 306 g/mol. The fourth-order valence-corrected chi connectivity index (χ4v) is 3.26. The van der Waals surface area contributed by atoms with E-state index >= 15 is 0 Å². The van der Waals surface area contributed by atoms with Crippen molar-refractivity contribution in [2.24, 2.45) is 0 Å². The van der Waals surface area contributed by atoms with Crippen molar-refractivity contribution in [2.75, 3.05) is 13.1 Å². The topological polar surface area (TPSA) is 75.4 Å². The number of aryl methyl sites for hydroxylation is 1. The van der Waals surface area contributed by atoms with E-state index in [-0.39, 0.29) is 18.0 Å². The van der Waals surface area contributed by atoms with E-state index in [0.29, 0.717) is 18.3 Å². The predicted molar refractivity (Wildman–Crippen MR) is 87.9 cm³/mol. The van der Waals surface area contributed by atoms with Crippen LogP contribution in [0.4, 0.5) is 0 Å². The Balaban J connectivity index is 1.67. The molecule has 2 atom stereocenters. The third kappa shape index (κ3) is 3.62. The van der Waals surface area contributed by atoms with Gasteiger partial charge >= 0.3 is 0 Å². The summed E-state index contributed by atoms with van der Waals surface area (Å²) in [5.74, 6) is 1.12. The number of pyridine rings is 1. The van der Waals surface area contributed by atoms with E-state index in [1.807, 2.05) is 17.2 Å². The Morgan fingerprint density at radius 1 is 1.54 bits per heavy atom. The fourth-order valence-electron chi connectivity index (χ4n) is 3.26. The maximum Gasteiger partial charge on any atom is 0.223 e. The second-order valence-electron chi connectivity index (χ2n) is 6.28. The van der Waals surface area contributed by atoms with Crippen LogP contribution in [-0.4, -0.2) is 50.0 Å². The van der Waals surface area contributed by atoms with Crippen molar-refractivity contribution in [3.05, 3.63) is 41.8 Å². The number of nitrogens with zero attached hydrogens (tertiary/aromatic N) is 5. The molecule has 3 heterocycles. The summed E-state index contributed by atoms with van der Waals surface area (Å²) in [4.78, 5) is 24.7. The molecule has 0 bridgehead atoms.